The molecule has 0 unspecified atom stereocenters. The molecule has 0 aliphatic carbocycles. The van der Waals surface area contributed by atoms with Gasteiger partial charge in [0.2, 0.25) is 0 Å². The molecule has 0 aliphatic rings. The fourth-order valence-corrected chi connectivity index (χ4v) is 2.28. The van der Waals surface area contributed by atoms with Crippen molar-refractivity contribution in [1.82, 2.24) is 14.9 Å². The zero-order chi connectivity index (χ0) is 13.5. The molecule has 2 aromatic rings. The molecule has 0 aliphatic heterocycles. The van der Waals surface area contributed by atoms with Crippen LogP contribution in [0.4, 0.5) is 0 Å². The minimum absolute atomic E-state index is 0.804. The van der Waals surface area contributed by atoms with Crippen molar-refractivity contribution in [3.05, 3.63) is 30.1 Å². The highest BCUT2D eigenvalue weighted by Gasteiger charge is 2.08. The van der Waals surface area contributed by atoms with E-state index in [1.54, 1.807) is 7.11 Å². The summed E-state index contributed by atoms with van der Waals surface area (Å²) in [5.74, 6) is 1.13. The zero-order valence-corrected chi connectivity index (χ0v) is 11.9. The summed E-state index contributed by atoms with van der Waals surface area (Å²) in [6, 6.07) is 8.34. The van der Waals surface area contributed by atoms with Crippen LogP contribution < -0.4 is 5.32 Å². The van der Waals surface area contributed by atoms with E-state index in [1.807, 2.05) is 6.07 Å². The third kappa shape index (κ3) is 3.55. The normalized spacial score (nSPS) is 11.3. The van der Waals surface area contributed by atoms with Gasteiger partial charge in [0.1, 0.15) is 5.82 Å². The predicted molar refractivity (Wildman–Crippen MR) is 78.2 cm³/mol. The van der Waals surface area contributed by atoms with E-state index in [-0.39, 0.29) is 0 Å². The molecule has 1 aromatic heterocycles. The molecule has 19 heavy (non-hydrogen) atoms. The first-order chi connectivity index (χ1) is 9.36. The van der Waals surface area contributed by atoms with Crippen molar-refractivity contribution in [2.24, 2.45) is 0 Å². The second-order valence-corrected chi connectivity index (χ2v) is 4.69. The van der Waals surface area contributed by atoms with E-state index in [2.05, 4.69) is 35.0 Å². The van der Waals surface area contributed by atoms with Gasteiger partial charge in [-0.3, -0.25) is 0 Å². The average Bonchev–Trinajstić information content (AvgIpc) is 2.78. The highest BCUT2D eigenvalue weighted by Crippen LogP contribution is 2.16. The third-order valence-corrected chi connectivity index (χ3v) is 3.17. The summed E-state index contributed by atoms with van der Waals surface area (Å²) >= 11 is 0. The Hall–Kier alpha value is -1.39. The van der Waals surface area contributed by atoms with Crippen molar-refractivity contribution in [1.29, 1.82) is 0 Å². The van der Waals surface area contributed by atoms with Crippen LogP contribution in [-0.2, 0) is 17.8 Å². The first-order valence-electron chi connectivity index (χ1n) is 7.00. The maximum absolute atomic E-state index is 5.04. The fourth-order valence-electron chi connectivity index (χ4n) is 2.28. The summed E-state index contributed by atoms with van der Waals surface area (Å²) in [5.41, 5.74) is 2.32. The first kappa shape index (κ1) is 14.0. The molecule has 1 heterocycles. The molecule has 0 saturated carbocycles. The van der Waals surface area contributed by atoms with E-state index in [0.29, 0.717) is 0 Å². The highest BCUT2D eigenvalue weighted by molar-refractivity contribution is 5.75. The Morgan fingerprint density at radius 2 is 2.16 bits per heavy atom. The van der Waals surface area contributed by atoms with Crippen LogP contribution in [0.3, 0.4) is 0 Å². The quantitative estimate of drug-likeness (QED) is 0.742. The number of hydrogen-bond acceptors (Lipinski definition) is 3. The van der Waals surface area contributed by atoms with Crippen LogP contribution in [-0.4, -0.2) is 29.8 Å². The van der Waals surface area contributed by atoms with Crippen molar-refractivity contribution < 1.29 is 4.74 Å². The lowest BCUT2D eigenvalue weighted by Gasteiger charge is -2.08. The van der Waals surface area contributed by atoms with E-state index in [9.17, 15) is 0 Å². The number of rotatable bonds is 8. The molecular formula is C15H23N3O. The van der Waals surface area contributed by atoms with Gasteiger partial charge in [0.05, 0.1) is 17.6 Å². The number of benzene rings is 1. The summed E-state index contributed by atoms with van der Waals surface area (Å²) in [6.45, 7) is 5.81. The van der Waals surface area contributed by atoms with Crippen molar-refractivity contribution in [3.63, 3.8) is 0 Å². The number of fused-ring (bicyclic) bond motifs is 1. The SMILES string of the molecule is CCCn1c(CNCCCOC)nc2ccccc21. The summed E-state index contributed by atoms with van der Waals surface area (Å²) in [4.78, 5) is 4.72. The smallest absolute Gasteiger partial charge is 0.123 e. The lowest BCUT2D eigenvalue weighted by molar-refractivity contribution is 0.194. The van der Waals surface area contributed by atoms with Crippen molar-refractivity contribution >= 4 is 11.0 Å². The van der Waals surface area contributed by atoms with Crippen LogP contribution in [0.1, 0.15) is 25.6 Å². The Kier molecular flexibility index (Phi) is 5.36. The van der Waals surface area contributed by atoms with Crippen LogP contribution in [0.25, 0.3) is 11.0 Å². The second-order valence-electron chi connectivity index (χ2n) is 4.69. The molecule has 0 spiro atoms. The van der Waals surface area contributed by atoms with Crippen molar-refractivity contribution in [2.45, 2.75) is 32.9 Å². The number of hydrogen-bond donors (Lipinski definition) is 1. The predicted octanol–water partition coefficient (Wildman–Crippen LogP) is 2.57. The fraction of sp³-hybridized carbons (Fsp3) is 0.533. The van der Waals surface area contributed by atoms with Crippen LogP contribution >= 0.6 is 0 Å². The van der Waals surface area contributed by atoms with Gasteiger partial charge in [-0.15, -0.1) is 0 Å². The summed E-state index contributed by atoms with van der Waals surface area (Å²) in [5, 5.41) is 3.43. The first-order valence-corrected chi connectivity index (χ1v) is 7.00. The summed E-state index contributed by atoms with van der Waals surface area (Å²) < 4.78 is 7.36. The molecule has 0 amide bonds. The number of aryl methyl sites for hydroxylation is 1. The molecule has 0 radical (unpaired) electrons. The number of aromatic nitrogens is 2. The average molecular weight is 261 g/mol. The van der Waals surface area contributed by atoms with Crippen LogP contribution in [0.5, 0.6) is 0 Å². The molecule has 0 fully saturated rings. The standard InChI is InChI=1S/C15H23N3O/c1-3-10-18-14-8-5-4-7-13(14)17-15(18)12-16-9-6-11-19-2/h4-5,7-8,16H,3,6,9-12H2,1-2H3. The minimum Gasteiger partial charge on any atom is -0.385 e. The maximum Gasteiger partial charge on any atom is 0.123 e. The Labute approximate surface area is 114 Å². The molecule has 0 atom stereocenters. The molecule has 1 N–H and O–H groups in total. The van der Waals surface area contributed by atoms with Gasteiger partial charge in [-0.1, -0.05) is 19.1 Å². The van der Waals surface area contributed by atoms with Gasteiger partial charge in [0, 0.05) is 20.3 Å². The number of nitrogens with one attached hydrogen (secondary N) is 1. The summed E-state index contributed by atoms with van der Waals surface area (Å²) in [7, 11) is 1.74. The maximum atomic E-state index is 5.04. The Balaban J connectivity index is 2.06. The lowest BCUT2D eigenvalue weighted by atomic mass is 10.3. The molecule has 104 valence electrons. The van der Waals surface area contributed by atoms with E-state index < -0.39 is 0 Å². The third-order valence-electron chi connectivity index (χ3n) is 3.17. The van der Waals surface area contributed by atoms with E-state index in [1.165, 1.54) is 5.52 Å². The number of imidazole rings is 1. The second kappa shape index (κ2) is 7.26. The Morgan fingerprint density at radius 1 is 1.32 bits per heavy atom. The Bertz CT molecular complexity index is 507. The zero-order valence-electron chi connectivity index (χ0n) is 11.9. The Morgan fingerprint density at radius 3 is 2.95 bits per heavy atom. The van der Waals surface area contributed by atoms with Gasteiger partial charge >= 0.3 is 0 Å². The van der Waals surface area contributed by atoms with Gasteiger partial charge in [-0.05, 0) is 31.5 Å². The molecule has 4 nitrogen and oxygen atoms in total. The summed E-state index contributed by atoms with van der Waals surface area (Å²) in [6.07, 6.45) is 2.15. The number of ether oxygens (including phenoxy) is 1. The van der Waals surface area contributed by atoms with Gasteiger partial charge in [0.25, 0.3) is 0 Å². The minimum atomic E-state index is 0.804. The number of para-hydroxylation sites is 2. The van der Waals surface area contributed by atoms with Crippen LogP contribution in [0.2, 0.25) is 0 Å². The molecular weight excluding hydrogens is 238 g/mol. The van der Waals surface area contributed by atoms with E-state index in [0.717, 1.165) is 50.4 Å². The van der Waals surface area contributed by atoms with Crippen molar-refractivity contribution in [3.8, 4) is 0 Å². The molecule has 4 heteroatoms. The van der Waals surface area contributed by atoms with Gasteiger partial charge in [-0.25, -0.2) is 4.98 Å². The van der Waals surface area contributed by atoms with Crippen LogP contribution in [0, 0.1) is 0 Å². The topological polar surface area (TPSA) is 39.1 Å². The van der Waals surface area contributed by atoms with E-state index in [4.69, 9.17) is 9.72 Å². The molecule has 2 rings (SSSR count). The van der Waals surface area contributed by atoms with E-state index >= 15 is 0 Å². The van der Waals surface area contributed by atoms with Crippen LogP contribution in [0.15, 0.2) is 24.3 Å². The molecule has 0 bridgehead atoms. The van der Waals surface area contributed by atoms with Gasteiger partial charge < -0.3 is 14.6 Å². The number of nitrogens with zero attached hydrogens (tertiary/aromatic N) is 2. The lowest BCUT2D eigenvalue weighted by Crippen LogP contribution is -2.19. The van der Waals surface area contributed by atoms with Gasteiger partial charge in [0.15, 0.2) is 0 Å². The molecule has 0 saturated heterocycles. The largest absolute Gasteiger partial charge is 0.385 e. The van der Waals surface area contributed by atoms with Gasteiger partial charge in [-0.2, -0.15) is 0 Å². The monoisotopic (exact) mass is 261 g/mol. The molecule has 1 aromatic carbocycles. The highest BCUT2D eigenvalue weighted by atomic mass is 16.5. The number of methoxy groups -OCH3 is 1. The van der Waals surface area contributed by atoms with Crippen molar-refractivity contribution in [2.75, 3.05) is 20.3 Å².